The van der Waals surface area contributed by atoms with Gasteiger partial charge >= 0.3 is 0 Å². The Bertz CT molecular complexity index is 823. The van der Waals surface area contributed by atoms with Gasteiger partial charge in [-0.2, -0.15) is 0 Å². The molecule has 3 rings (SSSR count). The Hall–Kier alpha value is -2.34. The molecule has 0 aliphatic carbocycles. The molecule has 1 fully saturated rings. The molecule has 1 heterocycles. The number of hydrogen-bond acceptors (Lipinski definition) is 4. The lowest BCUT2D eigenvalue weighted by Gasteiger charge is -2.19. The van der Waals surface area contributed by atoms with Gasteiger partial charge in [-0.05, 0) is 54.8 Å². The average Bonchev–Trinajstić information content (AvgIpc) is 3.19. The third-order valence-corrected chi connectivity index (χ3v) is 5.41. The van der Waals surface area contributed by atoms with E-state index in [0.717, 1.165) is 24.0 Å². The van der Waals surface area contributed by atoms with Crippen LogP contribution in [0.5, 0.6) is 5.75 Å². The number of rotatable bonds is 8. The lowest BCUT2D eigenvalue weighted by Crippen LogP contribution is -2.34. The largest absolute Gasteiger partial charge is 0.484 e. The van der Waals surface area contributed by atoms with E-state index in [0.29, 0.717) is 30.2 Å². The maximum absolute atomic E-state index is 12.1. The molecule has 1 N–H and O–H groups in total. The molecule has 0 saturated carbocycles. The first-order valence-corrected chi connectivity index (χ1v) is 10.4. The Morgan fingerprint density at radius 1 is 1.21 bits per heavy atom. The highest BCUT2D eigenvalue weighted by atomic mass is 79.9. The van der Waals surface area contributed by atoms with Gasteiger partial charge in [-0.3, -0.25) is 9.59 Å². The van der Waals surface area contributed by atoms with Gasteiger partial charge in [-0.25, -0.2) is 0 Å². The van der Waals surface area contributed by atoms with Crippen molar-refractivity contribution in [3.05, 3.63) is 58.6 Å². The third-order valence-electron chi connectivity index (χ3n) is 4.91. The predicted octanol–water partition coefficient (Wildman–Crippen LogP) is 4.06. The molecule has 1 saturated heterocycles. The molecular formula is C22H25BrN2O3. The first-order valence-electron chi connectivity index (χ1n) is 9.58. The van der Waals surface area contributed by atoms with Gasteiger partial charge in [0.2, 0.25) is 0 Å². The molecule has 0 bridgehead atoms. The molecule has 2 aromatic rings. The zero-order valence-corrected chi connectivity index (χ0v) is 17.6. The Morgan fingerprint density at radius 2 is 2.00 bits per heavy atom. The quantitative estimate of drug-likeness (QED) is 0.623. The monoisotopic (exact) mass is 444 g/mol. The zero-order valence-electron chi connectivity index (χ0n) is 16.0. The fourth-order valence-electron chi connectivity index (χ4n) is 3.31. The van der Waals surface area contributed by atoms with Crippen LogP contribution in [0.15, 0.2) is 53.0 Å². The summed E-state index contributed by atoms with van der Waals surface area (Å²) in [6.07, 6.45) is 1.53. The molecular weight excluding hydrogens is 420 g/mol. The number of anilines is 1. The highest BCUT2D eigenvalue weighted by Crippen LogP contribution is 2.25. The van der Waals surface area contributed by atoms with Crippen LogP contribution in [0.4, 0.5) is 5.69 Å². The summed E-state index contributed by atoms with van der Waals surface area (Å²) in [5.74, 6) is 0.985. The van der Waals surface area contributed by atoms with E-state index in [-0.39, 0.29) is 18.3 Å². The molecule has 5 nitrogen and oxygen atoms in total. The Kier molecular flexibility index (Phi) is 7.09. The summed E-state index contributed by atoms with van der Waals surface area (Å²) in [7, 11) is 0. The van der Waals surface area contributed by atoms with E-state index in [9.17, 15) is 9.59 Å². The maximum Gasteiger partial charge on any atom is 0.257 e. The molecule has 1 aliphatic rings. The molecule has 1 unspecified atom stereocenters. The molecule has 0 aromatic heterocycles. The number of hydrogen-bond donors (Lipinski definition) is 1. The number of carbonyl (C=O) groups is 2. The summed E-state index contributed by atoms with van der Waals surface area (Å²) < 4.78 is 6.59. The number of Topliss-reactive ketones (excluding diaryl/α,β-unsaturated/α-hetero) is 1. The van der Waals surface area contributed by atoms with Crippen LogP contribution >= 0.6 is 15.9 Å². The third kappa shape index (κ3) is 5.58. The summed E-state index contributed by atoms with van der Waals surface area (Å²) >= 11 is 3.51. The van der Waals surface area contributed by atoms with Crippen molar-refractivity contribution in [3.63, 3.8) is 0 Å². The van der Waals surface area contributed by atoms with E-state index in [1.54, 1.807) is 24.3 Å². The highest BCUT2D eigenvalue weighted by Gasteiger charge is 2.23. The Labute approximate surface area is 174 Å². The SMILES string of the molecule is CCC(=O)c1ccc(OCC(=O)NCC2CCN(c3cccc(Br)c3)C2)cc1. The molecule has 1 atom stereocenters. The second-order valence-electron chi connectivity index (χ2n) is 6.97. The zero-order chi connectivity index (χ0) is 19.9. The van der Waals surface area contributed by atoms with Crippen molar-refractivity contribution >= 4 is 33.3 Å². The summed E-state index contributed by atoms with van der Waals surface area (Å²) in [4.78, 5) is 26.0. The predicted molar refractivity (Wildman–Crippen MR) is 114 cm³/mol. The number of ketones is 1. The van der Waals surface area contributed by atoms with Crippen molar-refractivity contribution in [2.75, 3.05) is 31.1 Å². The van der Waals surface area contributed by atoms with Crippen LogP contribution in [0.2, 0.25) is 0 Å². The summed E-state index contributed by atoms with van der Waals surface area (Å²) in [6, 6.07) is 15.2. The molecule has 6 heteroatoms. The van der Waals surface area contributed by atoms with Crippen molar-refractivity contribution < 1.29 is 14.3 Å². The highest BCUT2D eigenvalue weighted by molar-refractivity contribution is 9.10. The molecule has 1 aliphatic heterocycles. The molecule has 0 radical (unpaired) electrons. The number of benzene rings is 2. The summed E-state index contributed by atoms with van der Waals surface area (Å²) in [6.45, 7) is 4.39. The van der Waals surface area contributed by atoms with E-state index in [4.69, 9.17) is 4.74 Å². The number of ether oxygens (including phenoxy) is 1. The number of amides is 1. The summed E-state index contributed by atoms with van der Waals surface area (Å²) in [5, 5.41) is 2.96. The van der Waals surface area contributed by atoms with Crippen molar-refractivity contribution in [2.24, 2.45) is 5.92 Å². The van der Waals surface area contributed by atoms with E-state index < -0.39 is 0 Å². The van der Waals surface area contributed by atoms with Crippen molar-refractivity contribution in [1.29, 1.82) is 0 Å². The van der Waals surface area contributed by atoms with Gasteiger partial charge in [0.1, 0.15) is 5.75 Å². The number of nitrogens with one attached hydrogen (secondary N) is 1. The molecule has 0 spiro atoms. The molecule has 2 aromatic carbocycles. The lowest BCUT2D eigenvalue weighted by molar-refractivity contribution is -0.123. The van der Waals surface area contributed by atoms with Crippen LogP contribution < -0.4 is 15.0 Å². The van der Waals surface area contributed by atoms with Crippen LogP contribution in [-0.2, 0) is 4.79 Å². The van der Waals surface area contributed by atoms with Gasteiger partial charge in [0.25, 0.3) is 5.91 Å². The van der Waals surface area contributed by atoms with Crippen LogP contribution in [0, 0.1) is 5.92 Å². The van der Waals surface area contributed by atoms with Gasteiger partial charge < -0.3 is 15.0 Å². The fraction of sp³-hybridized carbons (Fsp3) is 0.364. The van der Waals surface area contributed by atoms with Crippen LogP contribution in [0.25, 0.3) is 0 Å². The standard InChI is InChI=1S/C22H25BrN2O3/c1-2-21(26)17-6-8-20(9-7-17)28-15-22(27)24-13-16-10-11-25(14-16)19-5-3-4-18(23)12-19/h3-9,12,16H,2,10-11,13-15H2,1H3,(H,24,27). The van der Waals surface area contributed by atoms with Crippen molar-refractivity contribution in [2.45, 2.75) is 19.8 Å². The van der Waals surface area contributed by atoms with Crippen LogP contribution in [-0.4, -0.2) is 37.9 Å². The molecule has 1 amide bonds. The molecule has 148 valence electrons. The smallest absolute Gasteiger partial charge is 0.257 e. The van der Waals surface area contributed by atoms with Crippen molar-refractivity contribution in [1.82, 2.24) is 5.32 Å². The first kappa shape index (κ1) is 20.4. The average molecular weight is 445 g/mol. The van der Waals surface area contributed by atoms with Crippen LogP contribution in [0.1, 0.15) is 30.1 Å². The minimum Gasteiger partial charge on any atom is -0.484 e. The first-order chi connectivity index (χ1) is 13.5. The minimum absolute atomic E-state index is 0.0247. The van der Waals surface area contributed by atoms with E-state index in [1.807, 2.05) is 19.1 Å². The summed E-state index contributed by atoms with van der Waals surface area (Å²) in [5.41, 5.74) is 1.87. The number of halogens is 1. The van der Waals surface area contributed by atoms with E-state index in [2.05, 4.69) is 38.3 Å². The topological polar surface area (TPSA) is 58.6 Å². The minimum atomic E-state index is -0.130. The van der Waals surface area contributed by atoms with E-state index in [1.165, 1.54) is 5.69 Å². The molecule has 28 heavy (non-hydrogen) atoms. The van der Waals surface area contributed by atoms with E-state index >= 15 is 0 Å². The van der Waals surface area contributed by atoms with Gasteiger partial charge in [-0.1, -0.05) is 28.9 Å². The Balaban J connectivity index is 1.39. The van der Waals surface area contributed by atoms with Gasteiger partial charge in [0.05, 0.1) is 0 Å². The lowest BCUT2D eigenvalue weighted by atomic mass is 10.1. The number of nitrogens with zero attached hydrogens (tertiary/aromatic N) is 1. The van der Waals surface area contributed by atoms with Gasteiger partial charge in [-0.15, -0.1) is 0 Å². The fourth-order valence-corrected chi connectivity index (χ4v) is 3.69. The van der Waals surface area contributed by atoms with Crippen molar-refractivity contribution in [3.8, 4) is 5.75 Å². The van der Waals surface area contributed by atoms with Crippen LogP contribution in [0.3, 0.4) is 0 Å². The second kappa shape index (κ2) is 9.73. The van der Waals surface area contributed by atoms with Gasteiger partial charge in [0, 0.05) is 41.8 Å². The number of carbonyl (C=O) groups excluding carboxylic acids is 2. The van der Waals surface area contributed by atoms with Gasteiger partial charge in [0.15, 0.2) is 12.4 Å². The normalized spacial score (nSPS) is 16.1. The second-order valence-corrected chi connectivity index (χ2v) is 7.89. The maximum atomic E-state index is 12.1. The Morgan fingerprint density at radius 3 is 2.71 bits per heavy atom.